The molecule has 1 saturated carbocycles. The minimum absolute atomic E-state index is 0.147. The molecule has 0 atom stereocenters. The Morgan fingerprint density at radius 1 is 1.19 bits per heavy atom. The van der Waals surface area contributed by atoms with Crippen LogP contribution in [0.5, 0.6) is 5.75 Å². The molecule has 0 radical (unpaired) electrons. The van der Waals surface area contributed by atoms with E-state index < -0.39 is 0 Å². The molecule has 0 spiro atoms. The highest BCUT2D eigenvalue weighted by molar-refractivity contribution is 5.76. The Balaban J connectivity index is 1.55. The summed E-state index contributed by atoms with van der Waals surface area (Å²) in [6, 6.07) is 8.00. The van der Waals surface area contributed by atoms with Gasteiger partial charge in [-0.3, -0.25) is 9.89 Å². The normalized spacial score (nSPS) is 14.9. The Bertz CT molecular complexity index is 952. The van der Waals surface area contributed by atoms with Crippen molar-refractivity contribution in [3.63, 3.8) is 0 Å². The fraction of sp³-hybridized carbons (Fsp3) is 0.476. The molecule has 6 heteroatoms. The van der Waals surface area contributed by atoms with Gasteiger partial charge in [-0.25, -0.2) is 4.98 Å². The second-order valence-corrected chi connectivity index (χ2v) is 7.35. The number of aromatic nitrogens is 4. The Morgan fingerprint density at radius 3 is 2.70 bits per heavy atom. The van der Waals surface area contributed by atoms with E-state index in [0.717, 1.165) is 54.8 Å². The average molecular weight is 366 g/mol. The van der Waals surface area contributed by atoms with Crippen molar-refractivity contribution < 1.29 is 4.74 Å². The number of ether oxygens (including phenoxy) is 1. The first-order chi connectivity index (χ1) is 13.2. The lowest BCUT2D eigenvalue weighted by atomic mass is 10.0. The zero-order chi connectivity index (χ0) is 18.6. The number of unbranched alkanes of at least 4 members (excludes halogenated alkanes) is 1. The van der Waals surface area contributed by atoms with Crippen LogP contribution in [0.4, 0.5) is 0 Å². The molecule has 2 aromatic heterocycles. The van der Waals surface area contributed by atoms with Crippen molar-refractivity contribution in [2.45, 2.75) is 57.8 Å². The first-order valence-electron chi connectivity index (χ1n) is 9.93. The van der Waals surface area contributed by atoms with Gasteiger partial charge in [0.1, 0.15) is 22.6 Å². The third-order valence-electron chi connectivity index (χ3n) is 5.30. The van der Waals surface area contributed by atoms with E-state index in [1.54, 1.807) is 0 Å². The highest BCUT2D eigenvalue weighted by Crippen LogP contribution is 2.35. The summed E-state index contributed by atoms with van der Waals surface area (Å²) in [6.45, 7) is 2.89. The lowest BCUT2D eigenvalue weighted by Gasteiger charge is -2.07. The van der Waals surface area contributed by atoms with Gasteiger partial charge in [-0.15, -0.1) is 0 Å². The summed E-state index contributed by atoms with van der Waals surface area (Å²) in [4.78, 5) is 20.1. The van der Waals surface area contributed by atoms with Crippen molar-refractivity contribution in [2.24, 2.45) is 0 Å². The minimum Gasteiger partial charge on any atom is -0.494 e. The first kappa shape index (κ1) is 17.8. The van der Waals surface area contributed by atoms with Crippen LogP contribution in [0.25, 0.3) is 11.0 Å². The highest BCUT2D eigenvalue weighted by atomic mass is 16.5. The fourth-order valence-electron chi connectivity index (χ4n) is 3.78. The summed E-state index contributed by atoms with van der Waals surface area (Å²) in [5.74, 6) is 1.97. The standard InChI is InChI=1S/C21H26N4O2/c1-2-3-12-27-16-10-8-14(9-11-16)13-17-22-19-18(15-6-4-5-7-15)24-25-20(19)21(26)23-17/h8-11,15H,2-7,12-13H2,1H3,(H,24,25)(H,22,23,26). The average Bonchev–Trinajstić information content (AvgIpc) is 3.33. The maximum absolute atomic E-state index is 12.4. The van der Waals surface area contributed by atoms with Gasteiger partial charge in [-0.05, 0) is 37.0 Å². The molecule has 2 heterocycles. The van der Waals surface area contributed by atoms with Gasteiger partial charge < -0.3 is 9.72 Å². The molecular formula is C21H26N4O2. The fourth-order valence-corrected chi connectivity index (χ4v) is 3.78. The van der Waals surface area contributed by atoms with E-state index >= 15 is 0 Å². The smallest absolute Gasteiger partial charge is 0.276 e. The van der Waals surface area contributed by atoms with Crippen molar-refractivity contribution in [2.75, 3.05) is 6.61 Å². The number of hydrogen-bond donors (Lipinski definition) is 2. The van der Waals surface area contributed by atoms with Crippen LogP contribution >= 0.6 is 0 Å². The van der Waals surface area contributed by atoms with Gasteiger partial charge in [0.05, 0.1) is 12.3 Å². The van der Waals surface area contributed by atoms with Crippen LogP contribution in [0.15, 0.2) is 29.1 Å². The first-order valence-corrected chi connectivity index (χ1v) is 9.93. The van der Waals surface area contributed by atoms with Gasteiger partial charge >= 0.3 is 0 Å². The lowest BCUT2D eigenvalue weighted by molar-refractivity contribution is 0.309. The molecule has 3 aromatic rings. The van der Waals surface area contributed by atoms with Crippen LogP contribution in [0.2, 0.25) is 0 Å². The predicted molar refractivity (Wildman–Crippen MR) is 105 cm³/mol. The van der Waals surface area contributed by atoms with Crippen LogP contribution < -0.4 is 10.3 Å². The number of benzene rings is 1. The SMILES string of the molecule is CCCCOc1ccc(Cc2nc3c(C4CCCC4)n[nH]c3c(=O)[nH]2)cc1. The molecule has 27 heavy (non-hydrogen) atoms. The van der Waals surface area contributed by atoms with Crippen LogP contribution in [-0.4, -0.2) is 26.8 Å². The monoisotopic (exact) mass is 366 g/mol. The number of fused-ring (bicyclic) bond motifs is 1. The van der Waals surface area contributed by atoms with Crippen molar-refractivity contribution in [3.05, 3.63) is 51.7 Å². The maximum Gasteiger partial charge on any atom is 0.276 e. The largest absolute Gasteiger partial charge is 0.494 e. The van der Waals surface area contributed by atoms with Crippen molar-refractivity contribution >= 4 is 11.0 Å². The Kier molecular flexibility index (Phi) is 5.23. The van der Waals surface area contributed by atoms with E-state index in [0.29, 0.717) is 23.7 Å². The van der Waals surface area contributed by atoms with Crippen molar-refractivity contribution in [1.82, 2.24) is 20.2 Å². The number of aromatic amines is 2. The molecule has 1 aliphatic carbocycles. The van der Waals surface area contributed by atoms with E-state index in [2.05, 4.69) is 22.1 Å². The summed E-state index contributed by atoms with van der Waals surface area (Å²) in [7, 11) is 0. The Hall–Kier alpha value is -2.63. The second kappa shape index (κ2) is 7.94. The third-order valence-corrected chi connectivity index (χ3v) is 5.30. The molecule has 2 N–H and O–H groups in total. The van der Waals surface area contributed by atoms with E-state index in [9.17, 15) is 4.79 Å². The minimum atomic E-state index is -0.147. The summed E-state index contributed by atoms with van der Waals surface area (Å²) in [6.07, 6.45) is 7.46. The zero-order valence-electron chi connectivity index (χ0n) is 15.8. The van der Waals surface area contributed by atoms with Gasteiger partial charge in [0.25, 0.3) is 5.56 Å². The van der Waals surface area contributed by atoms with Crippen LogP contribution in [0.1, 0.15) is 68.4 Å². The quantitative estimate of drug-likeness (QED) is 0.617. The molecular weight excluding hydrogens is 340 g/mol. The van der Waals surface area contributed by atoms with Crippen molar-refractivity contribution in [1.29, 1.82) is 0 Å². The molecule has 1 aliphatic rings. The Labute approximate surface area is 158 Å². The number of hydrogen-bond acceptors (Lipinski definition) is 4. The summed E-state index contributed by atoms with van der Waals surface area (Å²) in [5.41, 5.74) is 3.12. The Morgan fingerprint density at radius 2 is 1.96 bits per heavy atom. The van der Waals surface area contributed by atoms with Gasteiger partial charge in [0.15, 0.2) is 0 Å². The van der Waals surface area contributed by atoms with E-state index in [4.69, 9.17) is 9.72 Å². The summed E-state index contributed by atoms with van der Waals surface area (Å²) >= 11 is 0. The van der Waals surface area contributed by atoms with Gasteiger partial charge in [0, 0.05) is 12.3 Å². The number of H-pyrrole nitrogens is 2. The highest BCUT2D eigenvalue weighted by Gasteiger charge is 2.23. The van der Waals surface area contributed by atoms with Crippen LogP contribution in [0.3, 0.4) is 0 Å². The molecule has 1 fully saturated rings. The molecule has 1 aromatic carbocycles. The zero-order valence-corrected chi connectivity index (χ0v) is 15.8. The summed E-state index contributed by atoms with van der Waals surface area (Å²) in [5, 5.41) is 7.29. The molecule has 0 aliphatic heterocycles. The summed E-state index contributed by atoms with van der Waals surface area (Å²) < 4.78 is 5.70. The number of nitrogens with one attached hydrogen (secondary N) is 2. The molecule has 0 unspecified atom stereocenters. The van der Waals surface area contributed by atoms with Crippen LogP contribution in [0, 0.1) is 0 Å². The molecule has 0 bridgehead atoms. The molecule has 6 nitrogen and oxygen atoms in total. The second-order valence-electron chi connectivity index (χ2n) is 7.35. The van der Waals surface area contributed by atoms with Gasteiger partial charge in [0.2, 0.25) is 0 Å². The van der Waals surface area contributed by atoms with E-state index in [1.807, 2.05) is 24.3 Å². The predicted octanol–water partition coefficient (Wildman–Crippen LogP) is 4.07. The lowest BCUT2D eigenvalue weighted by Crippen LogP contribution is -2.12. The number of nitrogens with zero attached hydrogens (tertiary/aromatic N) is 2. The molecule has 0 saturated heterocycles. The topological polar surface area (TPSA) is 83.7 Å². The molecule has 0 amide bonds. The maximum atomic E-state index is 12.4. The van der Waals surface area contributed by atoms with Gasteiger partial charge in [-0.2, -0.15) is 5.10 Å². The van der Waals surface area contributed by atoms with E-state index in [-0.39, 0.29) is 5.56 Å². The van der Waals surface area contributed by atoms with Gasteiger partial charge in [-0.1, -0.05) is 38.3 Å². The van der Waals surface area contributed by atoms with Crippen LogP contribution in [-0.2, 0) is 6.42 Å². The molecule has 142 valence electrons. The van der Waals surface area contributed by atoms with Crippen molar-refractivity contribution in [3.8, 4) is 5.75 Å². The molecule has 4 rings (SSSR count). The van der Waals surface area contributed by atoms with E-state index in [1.165, 1.54) is 12.8 Å². The number of rotatable bonds is 7. The third kappa shape index (κ3) is 3.89.